The number of pyridine rings is 1. The van der Waals surface area contributed by atoms with Crippen LogP contribution in [-0.4, -0.2) is 34.8 Å². The summed E-state index contributed by atoms with van der Waals surface area (Å²) >= 11 is 0. The Morgan fingerprint density at radius 1 is 1.08 bits per heavy atom. The van der Waals surface area contributed by atoms with E-state index in [4.69, 9.17) is 9.15 Å². The monoisotopic (exact) mass is 481 g/mol. The molecule has 0 bridgehead atoms. The van der Waals surface area contributed by atoms with E-state index in [1.54, 1.807) is 18.3 Å². The number of nitrogens with one attached hydrogen (secondary N) is 1. The van der Waals surface area contributed by atoms with Crippen molar-refractivity contribution in [2.75, 3.05) is 13.2 Å². The van der Waals surface area contributed by atoms with Gasteiger partial charge in [-0.15, -0.1) is 0 Å². The van der Waals surface area contributed by atoms with E-state index in [0.717, 1.165) is 34.4 Å². The highest BCUT2D eigenvalue weighted by molar-refractivity contribution is 5.92. The van der Waals surface area contributed by atoms with Crippen molar-refractivity contribution < 1.29 is 18.7 Å². The van der Waals surface area contributed by atoms with E-state index < -0.39 is 0 Å². The van der Waals surface area contributed by atoms with Crippen molar-refractivity contribution >= 4 is 11.8 Å². The number of furan rings is 1. The fraction of sp³-hybridized carbons (Fsp3) is 0.207. The highest BCUT2D eigenvalue weighted by Gasteiger charge is 2.34. The van der Waals surface area contributed by atoms with E-state index in [-0.39, 0.29) is 24.5 Å². The second-order valence-electron chi connectivity index (χ2n) is 8.79. The average Bonchev–Trinajstić information content (AvgIpc) is 3.45. The summed E-state index contributed by atoms with van der Waals surface area (Å²) in [6.07, 6.45) is 3.92. The number of amides is 2. The molecule has 0 aliphatic carbocycles. The van der Waals surface area contributed by atoms with Gasteiger partial charge in [0.05, 0.1) is 24.5 Å². The summed E-state index contributed by atoms with van der Waals surface area (Å²) < 4.78 is 11.3. The zero-order valence-corrected chi connectivity index (χ0v) is 20.0. The number of ether oxygens (including phenoxy) is 1. The highest BCUT2D eigenvalue weighted by Crippen LogP contribution is 2.38. The topological polar surface area (TPSA) is 84.7 Å². The number of carbonyl (C=O) groups excluding carboxylic acids is 2. The van der Waals surface area contributed by atoms with Gasteiger partial charge < -0.3 is 19.4 Å². The Bertz CT molecular complexity index is 1350. The van der Waals surface area contributed by atoms with Crippen LogP contribution in [0, 0.1) is 6.92 Å². The van der Waals surface area contributed by atoms with Gasteiger partial charge in [0.25, 0.3) is 11.8 Å². The lowest BCUT2D eigenvalue weighted by molar-refractivity contribution is -0.123. The number of aromatic nitrogens is 1. The van der Waals surface area contributed by atoms with Crippen LogP contribution < -0.4 is 10.1 Å². The number of benzene rings is 2. The first-order chi connectivity index (χ1) is 17.6. The Labute approximate surface area is 209 Å². The van der Waals surface area contributed by atoms with Crippen molar-refractivity contribution in [2.45, 2.75) is 25.9 Å². The molecular formula is C29H27N3O4. The van der Waals surface area contributed by atoms with Crippen LogP contribution in [0.2, 0.25) is 0 Å². The second-order valence-corrected chi connectivity index (χ2v) is 8.79. The molecule has 1 unspecified atom stereocenters. The molecule has 36 heavy (non-hydrogen) atoms. The van der Waals surface area contributed by atoms with Crippen molar-refractivity contribution in [1.29, 1.82) is 0 Å². The van der Waals surface area contributed by atoms with E-state index in [1.165, 1.54) is 6.26 Å². The number of hydrogen-bond acceptors (Lipinski definition) is 5. The molecule has 0 spiro atoms. The Kier molecular flexibility index (Phi) is 6.80. The molecule has 5 rings (SSSR count). The third-order valence-corrected chi connectivity index (χ3v) is 6.26. The highest BCUT2D eigenvalue weighted by atomic mass is 16.5. The van der Waals surface area contributed by atoms with Gasteiger partial charge in [-0.3, -0.25) is 14.6 Å². The van der Waals surface area contributed by atoms with Crippen LogP contribution in [0.4, 0.5) is 0 Å². The van der Waals surface area contributed by atoms with Crippen LogP contribution in [0.25, 0.3) is 0 Å². The summed E-state index contributed by atoms with van der Waals surface area (Å²) in [5.74, 6) is 0.500. The number of fused-ring (bicyclic) bond motifs is 1. The van der Waals surface area contributed by atoms with E-state index in [1.807, 2.05) is 66.4 Å². The maximum absolute atomic E-state index is 13.4. The van der Waals surface area contributed by atoms with Crippen LogP contribution in [0.3, 0.4) is 0 Å². The fourth-order valence-electron chi connectivity index (χ4n) is 4.53. The van der Waals surface area contributed by atoms with Crippen LogP contribution in [0.1, 0.15) is 44.5 Å². The molecule has 7 heteroatoms. The maximum Gasteiger partial charge on any atom is 0.290 e. The number of nitrogens with zero attached hydrogens (tertiary/aromatic N) is 2. The van der Waals surface area contributed by atoms with Gasteiger partial charge in [0.2, 0.25) is 0 Å². The zero-order chi connectivity index (χ0) is 24.9. The Morgan fingerprint density at radius 3 is 2.78 bits per heavy atom. The Balaban J connectivity index is 1.37. The van der Waals surface area contributed by atoms with Crippen molar-refractivity contribution in [3.05, 3.63) is 119 Å². The van der Waals surface area contributed by atoms with E-state index in [2.05, 4.69) is 16.4 Å². The van der Waals surface area contributed by atoms with Crippen molar-refractivity contribution in [2.24, 2.45) is 0 Å². The first-order valence-corrected chi connectivity index (χ1v) is 11.9. The minimum absolute atomic E-state index is 0.115. The van der Waals surface area contributed by atoms with Crippen LogP contribution in [0.5, 0.6) is 5.75 Å². The Hall–Kier alpha value is -4.39. The Morgan fingerprint density at radius 2 is 2.00 bits per heavy atom. The molecule has 4 aromatic rings. The first kappa shape index (κ1) is 23.4. The summed E-state index contributed by atoms with van der Waals surface area (Å²) in [6.45, 7) is 2.83. The van der Waals surface area contributed by atoms with Gasteiger partial charge >= 0.3 is 0 Å². The van der Waals surface area contributed by atoms with Gasteiger partial charge in [0.1, 0.15) is 5.75 Å². The lowest BCUT2D eigenvalue weighted by Gasteiger charge is -2.37. The summed E-state index contributed by atoms with van der Waals surface area (Å²) in [4.78, 5) is 31.8. The molecule has 7 nitrogen and oxygen atoms in total. The molecule has 3 heterocycles. The number of carbonyl (C=O) groups is 2. The molecule has 182 valence electrons. The van der Waals surface area contributed by atoms with Gasteiger partial charge in [0, 0.05) is 12.7 Å². The maximum atomic E-state index is 13.4. The van der Waals surface area contributed by atoms with E-state index in [9.17, 15) is 9.59 Å². The molecule has 2 amide bonds. The van der Waals surface area contributed by atoms with Crippen LogP contribution in [0.15, 0.2) is 89.7 Å². The zero-order valence-electron chi connectivity index (χ0n) is 20.0. The molecule has 0 saturated heterocycles. The molecule has 2 aromatic carbocycles. The molecular weight excluding hydrogens is 454 g/mol. The van der Waals surface area contributed by atoms with Gasteiger partial charge in [-0.25, -0.2) is 0 Å². The SMILES string of the molecule is Cc1cccc(C2c3cc(OCC(=O)NCc4ccccn4)ccc3CCN2C(=O)c2ccco2)c1. The molecule has 1 aliphatic heterocycles. The first-order valence-electron chi connectivity index (χ1n) is 11.9. The molecule has 0 fully saturated rings. The number of aryl methyl sites for hydroxylation is 1. The van der Waals surface area contributed by atoms with Gasteiger partial charge in [-0.05, 0) is 66.4 Å². The minimum atomic E-state index is -0.298. The second kappa shape index (κ2) is 10.5. The standard InChI is InChI=1S/C29H27N3O4/c1-20-6-4-7-22(16-20)28-25-17-24(36-19-27(33)31-18-23-8-2-3-13-30-23)11-10-21(25)12-14-32(28)29(34)26-9-5-15-35-26/h2-11,13,15-17,28H,12,14,18-19H2,1H3,(H,31,33). The summed E-state index contributed by atoms with van der Waals surface area (Å²) in [5.41, 5.74) is 5.04. The van der Waals surface area contributed by atoms with Crippen LogP contribution >= 0.6 is 0 Å². The van der Waals surface area contributed by atoms with Gasteiger partial charge in [-0.1, -0.05) is 42.0 Å². The van der Waals surface area contributed by atoms with Gasteiger partial charge in [0.15, 0.2) is 12.4 Å². The predicted octanol–water partition coefficient (Wildman–Crippen LogP) is 4.47. The van der Waals surface area contributed by atoms with Crippen molar-refractivity contribution in [1.82, 2.24) is 15.2 Å². The third-order valence-electron chi connectivity index (χ3n) is 6.26. The summed E-state index contributed by atoms with van der Waals surface area (Å²) in [7, 11) is 0. The quantitative estimate of drug-likeness (QED) is 0.421. The smallest absolute Gasteiger partial charge is 0.290 e. The molecule has 0 radical (unpaired) electrons. The van der Waals surface area contributed by atoms with Crippen LogP contribution in [-0.2, 0) is 17.8 Å². The number of rotatable bonds is 7. The molecule has 1 aliphatic rings. The minimum Gasteiger partial charge on any atom is -0.484 e. The molecule has 1 atom stereocenters. The lowest BCUT2D eigenvalue weighted by Crippen LogP contribution is -2.40. The molecule has 0 saturated carbocycles. The summed E-state index contributed by atoms with van der Waals surface area (Å²) in [5, 5.41) is 2.82. The van der Waals surface area contributed by atoms with E-state index in [0.29, 0.717) is 24.6 Å². The number of hydrogen-bond donors (Lipinski definition) is 1. The van der Waals surface area contributed by atoms with E-state index >= 15 is 0 Å². The molecule has 2 aromatic heterocycles. The summed E-state index contributed by atoms with van der Waals surface area (Å²) in [6, 6.07) is 22.7. The predicted molar refractivity (Wildman–Crippen MR) is 134 cm³/mol. The molecule has 1 N–H and O–H groups in total. The lowest BCUT2D eigenvalue weighted by atomic mass is 9.87. The normalized spacial score (nSPS) is 14.7. The third kappa shape index (κ3) is 5.15. The largest absolute Gasteiger partial charge is 0.484 e. The van der Waals surface area contributed by atoms with Crippen molar-refractivity contribution in [3.63, 3.8) is 0 Å². The van der Waals surface area contributed by atoms with Gasteiger partial charge in [-0.2, -0.15) is 0 Å². The average molecular weight is 482 g/mol. The van der Waals surface area contributed by atoms with Crippen molar-refractivity contribution in [3.8, 4) is 5.75 Å². The fourth-order valence-corrected chi connectivity index (χ4v) is 4.53.